The molecule has 2 aromatic carbocycles. The van der Waals surface area contributed by atoms with E-state index in [1.807, 2.05) is 71.3 Å². The molecule has 0 saturated carbocycles. The molecule has 5 rings (SSSR count). The first kappa shape index (κ1) is 20.4. The van der Waals surface area contributed by atoms with Crippen LogP contribution in [0.3, 0.4) is 0 Å². The van der Waals surface area contributed by atoms with E-state index in [1.165, 1.54) is 0 Å². The zero-order chi connectivity index (χ0) is 22.3. The fourth-order valence-corrected chi connectivity index (χ4v) is 5.06. The van der Waals surface area contributed by atoms with Crippen molar-refractivity contribution in [1.82, 2.24) is 19.9 Å². The molecule has 2 atom stereocenters. The molecule has 0 N–H and O–H groups in total. The average Bonchev–Trinajstić information content (AvgIpc) is 3.48. The van der Waals surface area contributed by atoms with Gasteiger partial charge in [-0.2, -0.15) is 4.98 Å². The Morgan fingerprint density at radius 2 is 1.69 bits per heavy atom. The zero-order valence-electron chi connectivity index (χ0n) is 18.3. The molecule has 2 saturated heterocycles. The standard InChI is InChI=1S/C25H26N4O3/c1-17-8-6-7-11-20(17)12-22(30)28-13-21-14-29(23(31)19-9-4-3-5-10-19)16-25(21,15-28)24-26-18(2)27-32-24/h3-11,21H,12-16H2,1-2H3. The molecule has 2 aliphatic rings. The monoisotopic (exact) mass is 430 g/mol. The Kier molecular flexibility index (Phi) is 5.04. The van der Waals surface area contributed by atoms with Crippen molar-refractivity contribution >= 4 is 11.8 Å². The van der Waals surface area contributed by atoms with Crippen molar-refractivity contribution in [2.75, 3.05) is 26.2 Å². The average molecular weight is 431 g/mol. The van der Waals surface area contributed by atoms with E-state index in [2.05, 4.69) is 10.1 Å². The third kappa shape index (κ3) is 3.47. The molecule has 0 radical (unpaired) electrons. The molecule has 2 aliphatic heterocycles. The second-order valence-electron chi connectivity index (χ2n) is 8.93. The van der Waals surface area contributed by atoms with Crippen molar-refractivity contribution in [3.63, 3.8) is 0 Å². The first-order valence-corrected chi connectivity index (χ1v) is 10.9. The van der Waals surface area contributed by atoms with Gasteiger partial charge in [0, 0.05) is 37.7 Å². The molecule has 2 fully saturated rings. The van der Waals surface area contributed by atoms with E-state index < -0.39 is 5.41 Å². The van der Waals surface area contributed by atoms with Crippen LogP contribution in [0, 0.1) is 19.8 Å². The summed E-state index contributed by atoms with van der Waals surface area (Å²) in [5.74, 6) is 1.22. The number of benzene rings is 2. The molecule has 0 spiro atoms. The SMILES string of the molecule is Cc1noc(C23CN(C(=O)Cc4ccccc4C)CC2CN(C(=O)c2ccccc2)C3)n1. The van der Waals surface area contributed by atoms with Crippen molar-refractivity contribution in [2.45, 2.75) is 25.7 Å². The lowest BCUT2D eigenvalue weighted by Crippen LogP contribution is -2.41. The first-order valence-electron chi connectivity index (χ1n) is 10.9. The van der Waals surface area contributed by atoms with Crippen LogP contribution >= 0.6 is 0 Å². The van der Waals surface area contributed by atoms with Crippen molar-refractivity contribution in [2.24, 2.45) is 5.92 Å². The molecule has 2 unspecified atom stereocenters. The number of hydrogen-bond donors (Lipinski definition) is 0. The Morgan fingerprint density at radius 3 is 2.41 bits per heavy atom. The number of rotatable bonds is 4. The predicted molar refractivity (Wildman–Crippen MR) is 118 cm³/mol. The van der Waals surface area contributed by atoms with Gasteiger partial charge in [-0.25, -0.2) is 0 Å². The zero-order valence-corrected chi connectivity index (χ0v) is 18.3. The fraction of sp³-hybridized carbons (Fsp3) is 0.360. The summed E-state index contributed by atoms with van der Waals surface area (Å²) in [6.07, 6.45) is 0.366. The van der Waals surface area contributed by atoms with Gasteiger partial charge >= 0.3 is 0 Å². The van der Waals surface area contributed by atoms with E-state index in [1.54, 1.807) is 6.92 Å². The number of carbonyl (C=O) groups is 2. The highest BCUT2D eigenvalue weighted by molar-refractivity contribution is 5.94. The van der Waals surface area contributed by atoms with Gasteiger partial charge in [-0.15, -0.1) is 0 Å². The van der Waals surface area contributed by atoms with Crippen molar-refractivity contribution in [3.05, 3.63) is 83.0 Å². The number of likely N-dealkylation sites (tertiary alicyclic amines) is 2. The summed E-state index contributed by atoms with van der Waals surface area (Å²) in [7, 11) is 0. The van der Waals surface area contributed by atoms with Crippen LogP contribution < -0.4 is 0 Å². The maximum absolute atomic E-state index is 13.2. The van der Waals surface area contributed by atoms with Gasteiger partial charge in [-0.3, -0.25) is 9.59 Å². The maximum atomic E-state index is 13.2. The van der Waals surface area contributed by atoms with Crippen LogP contribution in [0.25, 0.3) is 0 Å². The van der Waals surface area contributed by atoms with Crippen molar-refractivity contribution < 1.29 is 14.1 Å². The topological polar surface area (TPSA) is 79.5 Å². The molecular formula is C25H26N4O3. The third-order valence-electron chi connectivity index (χ3n) is 6.83. The summed E-state index contributed by atoms with van der Waals surface area (Å²) in [4.78, 5) is 34.6. The van der Waals surface area contributed by atoms with E-state index in [0.29, 0.717) is 49.9 Å². The number of aryl methyl sites for hydroxylation is 2. The summed E-state index contributed by atoms with van der Waals surface area (Å²) in [6, 6.07) is 17.3. The molecule has 7 nitrogen and oxygen atoms in total. The first-order chi connectivity index (χ1) is 15.5. The predicted octanol–water partition coefficient (Wildman–Crippen LogP) is 2.78. The number of carbonyl (C=O) groups excluding carboxylic acids is 2. The number of nitrogens with zero attached hydrogens (tertiary/aromatic N) is 4. The normalized spacial score (nSPS) is 22.2. The lowest BCUT2D eigenvalue weighted by molar-refractivity contribution is -0.129. The highest BCUT2D eigenvalue weighted by atomic mass is 16.5. The molecule has 0 bridgehead atoms. The molecule has 32 heavy (non-hydrogen) atoms. The Bertz CT molecular complexity index is 1160. The van der Waals surface area contributed by atoms with Crippen molar-refractivity contribution in [3.8, 4) is 0 Å². The van der Waals surface area contributed by atoms with E-state index >= 15 is 0 Å². The van der Waals surface area contributed by atoms with Gasteiger partial charge in [-0.05, 0) is 37.1 Å². The maximum Gasteiger partial charge on any atom is 0.253 e. The molecule has 2 amide bonds. The third-order valence-corrected chi connectivity index (χ3v) is 6.83. The Labute approximate surface area is 187 Å². The van der Waals surface area contributed by atoms with Gasteiger partial charge in [0.15, 0.2) is 5.82 Å². The van der Waals surface area contributed by atoms with Crippen LogP contribution in [0.2, 0.25) is 0 Å². The van der Waals surface area contributed by atoms with Gasteiger partial charge in [0.05, 0.1) is 11.8 Å². The number of amides is 2. The number of hydrogen-bond acceptors (Lipinski definition) is 5. The minimum atomic E-state index is -0.535. The van der Waals surface area contributed by atoms with Gasteiger partial charge in [0.1, 0.15) is 0 Å². The fourth-order valence-electron chi connectivity index (χ4n) is 5.06. The Morgan fingerprint density at radius 1 is 1.00 bits per heavy atom. The molecule has 1 aromatic heterocycles. The highest BCUT2D eigenvalue weighted by Gasteiger charge is 2.58. The minimum absolute atomic E-state index is 0.00611. The summed E-state index contributed by atoms with van der Waals surface area (Å²) in [5.41, 5.74) is 2.28. The molecule has 0 aliphatic carbocycles. The lowest BCUT2D eigenvalue weighted by Gasteiger charge is -2.26. The minimum Gasteiger partial charge on any atom is -0.341 e. The Balaban J connectivity index is 1.40. The molecule has 7 heteroatoms. The second kappa shape index (κ2) is 7.89. The molecule has 3 heterocycles. The van der Waals surface area contributed by atoms with Crippen LogP contribution in [0.15, 0.2) is 59.1 Å². The van der Waals surface area contributed by atoms with E-state index in [4.69, 9.17) is 4.52 Å². The smallest absolute Gasteiger partial charge is 0.253 e. The number of aromatic nitrogens is 2. The van der Waals surface area contributed by atoms with Gasteiger partial charge in [-0.1, -0.05) is 47.6 Å². The van der Waals surface area contributed by atoms with Crippen LogP contribution in [-0.4, -0.2) is 57.9 Å². The van der Waals surface area contributed by atoms with Gasteiger partial charge in [0.2, 0.25) is 11.8 Å². The second-order valence-corrected chi connectivity index (χ2v) is 8.93. The van der Waals surface area contributed by atoms with Crippen LogP contribution in [0.4, 0.5) is 0 Å². The van der Waals surface area contributed by atoms with Gasteiger partial charge < -0.3 is 14.3 Å². The van der Waals surface area contributed by atoms with E-state index in [-0.39, 0.29) is 17.7 Å². The van der Waals surface area contributed by atoms with Gasteiger partial charge in [0.25, 0.3) is 5.91 Å². The summed E-state index contributed by atoms with van der Waals surface area (Å²) < 4.78 is 5.62. The highest BCUT2D eigenvalue weighted by Crippen LogP contribution is 2.44. The van der Waals surface area contributed by atoms with Crippen molar-refractivity contribution in [1.29, 1.82) is 0 Å². The quantitative estimate of drug-likeness (QED) is 0.636. The summed E-state index contributed by atoms with van der Waals surface area (Å²) >= 11 is 0. The van der Waals surface area contributed by atoms with Crippen LogP contribution in [-0.2, 0) is 16.6 Å². The molecule has 3 aromatic rings. The van der Waals surface area contributed by atoms with E-state index in [9.17, 15) is 9.59 Å². The van der Waals surface area contributed by atoms with Crippen LogP contribution in [0.5, 0.6) is 0 Å². The summed E-state index contributed by atoms with van der Waals surface area (Å²) in [6.45, 7) is 5.88. The lowest BCUT2D eigenvalue weighted by atomic mass is 9.81. The molecule has 164 valence electrons. The Hall–Kier alpha value is -3.48. The van der Waals surface area contributed by atoms with Crippen LogP contribution in [0.1, 0.15) is 33.2 Å². The number of fused-ring (bicyclic) bond motifs is 1. The summed E-state index contributed by atoms with van der Waals surface area (Å²) in [5, 5.41) is 4.00. The largest absolute Gasteiger partial charge is 0.341 e. The molecular weight excluding hydrogens is 404 g/mol. The van der Waals surface area contributed by atoms with E-state index in [0.717, 1.165) is 11.1 Å².